The van der Waals surface area contributed by atoms with Gasteiger partial charge in [0.05, 0.1) is 19.3 Å². The fourth-order valence-electron chi connectivity index (χ4n) is 3.79. The summed E-state index contributed by atoms with van der Waals surface area (Å²) in [5.74, 6) is -0.0624. The molecule has 0 aliphatic carbocycles. The summed E-state index contributed by atoms with van der Waals surface area (Å²) < 4.78 is 6.20. The van der Waals surface area contributed by atoms with E-state index in [-0.39, 0.29) is 11.5 Å². The van der Waals surface area contributed by atoms with Gasteiger partial charge in [0.25, 0.3) is 5.91 Å². The van der Waals surface area contributed by atoms with Crippen LogP contribution in [0.3, 0.4) is 0 Å². The lowest BCUT2D eigenvalue weighted by Crippen LogP contribution is -2.60. The number of benzene rings is 1. The quantitative estimate of drug-likeness (QED) is 0.838. The Hall–Kier alpha value is -2.47. The fraction of sp³-hybridized carbons (Fsp3) is 0.421. The van der Waals surface area contributed by atoms with E-state index >= 15 is 0 Å². The zero-order valence-corrected chi connectivity index (χ0v) is 14.2. The highest BCUT2D eigenvalue weighted by molar-refractivity contribution is 5.92. The first-order chi connectivity index (χ1) is 12.3. The van der Waals surface area contributed by atoms with Crippen molar-refractivity contribution in [1.29, 1.82) is 0 Å². The molecule has 25 heavy (non-hydrogen) atoms. The van der Waals surface area contributed by atoms with Gasteiger partial charge in [-0.05, 0) is 25.0 Å². The van der Waals surface area contributed by atoms with E-state index in [1.807, 2.05) is 11.0 Å². The highest BCUT2D eigenvalue weighted by Crippen LogP contribution is 2.31. The first-order valence-corrected chi connectivity index (χ1v) is 8.75. The van der Waals surface area contributed by atoms with E-state index in [1.54, 1.807) is 12.4 Å². The summed E-state index contributed by atoms with van der Waals surface area (Å²) in [4.78, 5) is 25.1. The molecule has 3 heterocycles. The molecule has 2 saturated heterocycles. The minimum atomic E-state index is -0.301. The summed E-state index contributed by atoms with van der Waals surface area (Å²) in [5.41, 5.74) is 1.31. The van der Waals surface area contributed by atoms with Crippen molar-refractivity contribution in [2.75, 3.05) is 37.7 Å². The van der Waals surface area contributed by atoms with Gasteiger partial charge in [-0.1, -0.05) is 18.2 Å². The highest BCUT2D eigenvalue weighted by atomic mass is 16.5. The van der Waals surface area contributed by atoms with Crippen LogP contribution < -0.4 is 4.90 Å². The van der Waals surface area contributed by atoms with Gasteiger partial charge >= 0.3 is 0 Å². The molecule has 2 aromatic rings. The number of morpholine rings is 1. The summed E-state index contributed by atoms with van der Waals surface area (Å²) >= 11 is 0. The maximum absolute atomic E-state index is 12.7. The van der Waals surface area contributed by atoms with Gasteiger partial charge in [0.1, 0.15) is 11.3 Å². The third-order valence-electron chi connectivity index (χ3n) is 4.98. The number of hydrogen-bond acceptors (Lipinski definition) is 5. The second kappa shape index (κ2) is 6.80. The number of carbonyl (C=O) groups is 1. The van der Waals surface area contributed by atoms with Crippen molar-refractivity contribution in [3.8, 4) is 0 Å². The second-order valence-corrected chi connectivity index (χ2v) is 6.71. The monoisotopic (exact) mass is 338 g/mol. The van der Waals surface area contributed by atoms with E-state index in [9.17, 15) is 4.79 Å². The van der Waals surface area contributed by atoms with E-state index in [0.717, 1.165) is 25.9 Å². The third-order valence-corrected chi connectivity index (χ3v) is 4.98. The summed E-state index contributed by atoms with van der Waals surface area (Å²) in [6, 6.07) is 10.4. The van der Waals surface area contributed by atoms with Gasteiger partial charge in [-0.25, -0.2) is 4.98 Å². The number of nitrogens with zero attached hydrogens (tertiary/aromatic N) is 4. The Morgan fingerprint density at radius 3 is 2.80 bits per heavy atom. The van der Waals surface area contributed by atoms with E-state index in [4.69, 9.17) is 4.74 Å². The molecule has 1 unspecified atom stereocenters. The molecule has 4 rings (SSSR count). The molecule has 6 heteroatoms. The molecule has 1 aromatic carbocycles. The predicted octanol–water partition coefficient (Wildman–Crippen LogP) is 1.99. The maximum atomic E-state index is 12.7. The van der Waals surface area contributed by atoms with Crippen LogP contribution in [0.2, 0.25) is 0 Å². The van der Waals surface area contributed by atoms with Crippen molar-refractivity contribution < 1.29 is 9.53 Å². The Balaban J connectivity index is 1.51. The number of rotatable bonds is 2. The van der Waals surface area contributed by atoms with E-state index in [1.165, 1.54) is 11.9 Å². The van der Waals surface area contributed by atoms with Crippen molar-refractivity contribution in [2.45, 2.75) is 18.4 Å². The molecule has 0 radical (unpaired) electrons. The second-order valence-electron chi connectivity index (χ2n) is 6.71. The van der Waals surface area contributed by atoms with Crippen LogP contribution in [0, 0.1) is 0 Å². The molecule has 1 aromatic heterocycles. The number of anilines is 1. The largest absolute Gasteiger partial charge is 0.369 e. The van der Waals surface area contributed by atoms with E-state index in [2.05, 4.69) is 39.1 Å². The summed E-state index contributed by atoms with van der Waals surface area (Å²) in [6.45, 7) is 3.59. The Kier molecular flexibility index (Phi) is 4.36. The smallest absolute Gasteiger partial charge is 0.274 e. The Bertz CT molecular complexity index is 721. The number of para-hydroxylation sites is 1. The van der Waals surface area contributed by atoms with E-state index < -0.39 is 0 Å². The standard InChI is InChI=1S/C19H22N4O2/c24-18(17-13-20-8-9-21-17)23-11-12-25-19(15-23)7-4-10-22(14-19)16-5-2-1-3-6-16/h1-3,5-6,8-9,13H,4,7,10-12,14-15H2. The number of piperidine rings is 1. The topological polar surface area (TPSA) is 58.6 Å². The lowest BCUT2D eigenvalue weighted by molar-refractivity contribution is -0.105. The maximum Gasteiger partial charge on any atom is 0.274 e. The third kappa shape index (κ3) is 3.35. The van der Waals surface area contributed by atoms with Crippen LogP contribution in [-0.2, 0) is 4.74 Å². The molecule has 130 valence electrons. The van der Waals surface area contributed by atoms with Gasteiger partial charge in [-0.15, -0.1) is 0 Å². The zero-order valence-electron chi connectivity index (χ0n) is 14.2. The molecule has 1 spiro atoms. The van der Waals surface area contributed by atoms with E-state index in [0.29, 0.717) is 25.4 Å². The lowest BCUT2D eigenvalue weighted by atomic mass is 9.90. The van der Waals surface area contributed by atoms with Crippen LogP contribution in [0.15, 0.2) is 48.9 Å². The lowest BCUT2D eigenvalue weighted by Gasteiger charge is -2.48. The van der Waals surface area contributed by atoms with Crippen LogP contribution in [-0.4, -0.2) is 59.2 Å². The molecule has 2 aliphatic heterocycles. The molecule has 2 fully saturated rings. The number of aromatic nitrogens is 2. The summed E-state index contributed by atoms with van der Waals surface area (Å²) in [6.07, 6.45) is 6.70. The van der Waals surface area contributed by atoms with Gasteiger partial charge in [-0.2, -0.15) is 0 Å². The normalized spacial score (nSPS) is 23.7. The Morgan fingerprint density at radius 1 is 1.12 bits per heavy atom. The molecule has 1 amide bonds. The van der Waals surface area contributed by atoms with Gasteiger partial charge < -0.3 is 14.5 Å². The van der Waals surface area contributed by atoms with Gasteiger partial charge in [0.15, 0.2) is 0 Å². The minimum Gasteiger partial charge on any atom is -0.369 e. The number of amides is 1. The number of hydrogen-bond donors (Lipinski definition) is 0. The molecule has 2 aliphatic rings. The fourth-order valence-corrected chi connectivity index (χ4v) is 3.79. The first kappa shape index (κ1) is 16.0. The van der Waals surface area contributed by atoms with Crippen LogP contribution in [0.4, 0.5) is 5.69 Å². The molecular formula is C19H22N4O2. The van der Waals surface area contributed by atoms with Gasteiger partial charge in [0.2, 0.25) is 0 Å². The predicted molar refractivity (Wildman–Crippen MR) is 94.5 cm³/mol. The molecule has 0 N–H and O–H groups in total. The zero-order chi connectivity index (χ0) is 17.1. The molecule has 6 nitrogen and oxygen atoms in total. The van der Waals surface area contributed by atoms with Crippen molar-refractivity contribution in [1.82, 2.24) is 14.9 Å². The Labute approximate surface area is 147 Å². The molecule has 1 atom stereocenters. The van der Waals surface area contributed by atoms with Crippen LogP contribution in [0.5, 0.6) is 0 Å². The van der Waals surface area contributed by atoms with Gasteiger partial charge in [-0.3, -0.25) is 9.78 Å². The molecular weight excluding hydrogens is 316 g/mol. The van der Waals surface area contributed by atoms with Crippen molar-refractivity contribution >= 4 is 11.6 Å². The molecule has 0 saturated carbocycles. The van der Waals surface area contributed by atoms with Crippen LogP contribution >= 0.6 is 0 Å². The average molecular weight is 338 g/mol. The first-order valence-electron chi connectivity index (χ1n) is 8.75. The Morgan fingerprint density at radius 2 is 2.00 bits per heavy atom. The average Bonchev–Trinajstić information content (AvgIpc) is 2.69. The van der Waals surface area contributed by atoms with Crippen molar-refractivity contribution in [3.63, 3.8) is 0 Å². The summed E-state index contributed by atoms with van der Waals surface area (Å²) in [5, 5.41) is 0. The highest BCUT2D eigenvalue weighted by Gasteiger charge is 2.42. The minimum absolute atomic E-state index is 0.0624. The van der Waals surface area contributed by atoms with Crippen LogP contribution in [0.25, 0.3) is 0 Å². The van der Waals surface area contributed by atoms with Crippen molar-refractivity contribution in [3.05, 3.63) is 54.6 Å². The van der Waals surface area contributed by atoms with Crippen molar-refractivity contribution in [2.24, 2.45) is 0 Å². The SMILES string of the molecule is O=C(c1cnccn1)N1CCOC2(CCCN(c3ccccc3)C2)C1. The van der Waals surface area contributed by atoms with Gasteiger partial charge in [0, 0.05) is 37.7 Å². The summed E-state index contributed by atoms with van der Waals surface area (Å²) in [7, 11) is 0. The number of ether oxygens (including phenoxy) is 1. The van der Waals surface area contributed by atoms with Crippen LogP contribution in [0.1, 0.15) is 23.3 Å². The number of carbonyl (C=O) groups excluding carboxylic acids is 1. The molecule has 0 bridgehead atoms.